The number of benzene rings is 2. The molecule has 0 spiro atoms. The van der Waals surface area contributed by atoms with Gasteiger partial charge in [-0.05, 0) is 6.92 Å². The molecule has 0 radical (unpaired) electrons. The van der Waals surface area contributed by atoms with Crippen molar-refractivity contribution >= 4 is 28.1 Å². The average Bonchev–Trinajstić information content (AvgIpc) is 2.35. The van der Waals surface area contributed by atoms with Crippen LogP contribution in [0.15, 0.2) is 42.5 Å². The molecular formula is C14H14N2O2. The number of fused-ring (bicyclic) bond motifs is 1. The zero-order valence-electron chi connectivity index (χ0n) is 10.1. The molecule has 0 bridgehead atoms. The minimum atomic E-state index is -0.517. The van der Waals surface area contributed by atoms with E-state index < -0.39 is 5.97 Å². The lowest BCUT2D eigenvalue weighted by Gasteiger charge is -2.11. The van der Waals surface area contributed by atoms with Crippen molar-refractivity contribution in [1.82, 2.24) is 0 Å². The van der Waals surface area contributed by atoms with Gasteiger partial charge in [-0.1, -0.05) is 30.8 Å². The van der Waals surface area contributed by atoms with Gasteiger partial charge in [-0.25, -0.2) is 4.79 Å². The predicted octanol–water partition coefficient (Wildman–Crippen LogP) is 2.49. The monoisotopic (exact) mass is 242 g/mol. The van der Waals surface area contributed by atoms with Crippen LogP contribution in [-0.2, 0) is 4.79 Å². The summed E-state index contributed by atoms with van der Waals surface area (Å²) in [5.41, 5.74) is 13.1. The molecule has 0 unspecified atom stereocenters. The molecule has 18 heavy (non-hydrogen) atoms. The topological polar surface area (TPSA) is 78.3 Å². The Morgan fingerprint density at radius 3 is 2.44 bits per heavy atom. The molecule has 0 fully saturated rings. The van der Waals surface area contributed by atoms with Crippen molar-refractivity contribution in [3.63, 3.8) is 0 Å². The van der Waals surface area contributed by atoms with E-state index >= 15 is 0 Å². The van der Waals surface area contributed by atoms with Crippen LogP contribution in [-0.4, -0.2) is 5.97 Å². The number of nitrogens with two attached hydrogens (primary N) is 2. The summed E-state index contributed by atoms with van der Waals surface area (Å²) < 4.78 is 5.15. The van der Waals surface area contributed by atoms with Gasteiger partial charge in [0.05, 0.1) is 5.69 Å². The molecule has 4 N–H and O–H groups in total. The van der Waals surface area contributed by atoms with Gasteiger partial charge in [0.25, 0.3) is 0 Å². The maximum absolute atomic E-state index is 11.5. The van der Waals surface area contributed by atoms with Crippen LogP contribution in [0.3, 0.4) is 0 Å². The SMILES string of the molecule is C=C(C)C(=O)Oc1cc(N)c2ccccc2c1N. The van der Waals surface area contributed by atoms with Gasteiger partial charge in [0.2, 0.25) is 0 Å². The molecule has 0 aliphatic rings. The molecule has 2 aromatic carbocycles. The van der Waals surface area contributed by atoms with Crippen LogP contribution in [0.1, 0.15) is 6.92 Å². The lowest BCUT2D eigenvalue weighted by atomic mass is 10.1. The van der Waals surface area contributed by atoms with E-state index in [0.717, 1.165) is 10.8 Å². The summed E-state index contributed by atoms with van der Waals surface area (Å²) in [6, 6.07) is 8.98. The molecule has 0 aliphatic carbocycles. The summed E-state index contributed by atoms with van der Waals surface area (Å²) in [6.07, 6.45) is 0. The first-order chi connectivity index (χ1) is 8.50. The Labute approximate surface area is 105 Å². The summed E-state index contributed by atoms with van der Waals surface area (Å²) in [7, 11) is 0. The number of ether oxygens (including phenoxy) is 1. The number of carbonyl (C=O) groups is 1. The average molecular weight is 242 g/mol. The summed E-state index contributed by atoms with van der Waals surface area (Å²) in [4.78, 5) is 11.5. The van der Waals surface area contributed by atoms with Crippen molar-refractivity contribution in [2.75, 3.05) is 11.5 Å². The maximum Gasteiger partial charge on any atom is 0.338 e. The Hall–Kier alpha value is -2.49. The molecule has 4 heteroatoms. The largest absolute Gasteiger partial charge is 0.421 e. The third-order valence-electron chi connectivity index (χ3n) is 2.63. The van der Waals surface area contributed by atoms with Gasteiger partial charge in [-0.2, -0.15) is 0 Å². The van der Waals surface area contributed by atoms with E-state index in [1.165, 1.54) is 0 Å². The Bertz CT molecular complexity index is 648. The van der Waals surface area contributed by atoms with Crippen molar-refractivity contribution in [3.8, 4) is 5.75 Å². The second-order valence-corrected chi connectivity index (χ2v) is 4.09. The molecule has 92 valence electrons. The first-order valence-electron chi connectivity index (χ1n) is 5.45. The fourth-order valence-electron chi connectivity index (χ4n) is 1.67. The zero-order valence-corrected chi connectivity index (χ0v) is 10.1. The van der Waals surface area contributed by atoms with Crippen molar-refractivity contribution in [2.45, 2.75) is 6.92 Å². The molecule has 0 aliphatic heterocycles. The third-order valence-corrected chi connectivity index (χ3v) is 2.63. The van der Waals surface area contributed by atoms with E-state index in [-0.39, 0.29) is 5.75 Å². The minimum Gasteiger partial charge on any atom is -0.421 e. The highest BCUT2D eigenvalue weighted by Crippen LogP contribution is 2.35. The van der Waals surface area contributed by atoms with Gasteiger partial charge in [-0.3, -0.25) is 0 Å². The number of rotatable bonds is 2. The fraction of sp³-hybridized carbons (Fsp3) is 0.0714. The van der Waals surface area contributed by atoms with E-state index in [1.807, 2.05) is 24.3 Å². The van der Waals surface area contributed by atoms with Crippen LogP contribution >= 0.6 is 0 Å². The van der Waals surface area contributed by atoms with Crippen molar-refractivity contribution < 1.29 is 9.53 Å². The fourth-order valence-corrected chi connectivity index (χ4v) is 1.67. The van der Waals surface area contributed by atoms with Crippen LogP contribution in [0, 0.1) is 0 Å². The van der Waals surface area contributed by atoms with Gasteiger partial charge < -0.3 is 16.2 Å². The van der Waals surface area contributed by atoms with E-state index in [9.17, 15) is 4.79 Å². The second kappa shape index (κ2) is 4.41. The van der Waals surface area contributed by atoms with Crippen LogP contribution < -0.4 is 16.2 Å². The minimum absolute atomic E-state index is 0.263. The van der Waals surface area contributed by atoms with E-state index in [4.69, 9.17) is 16.2 Å². The van der Waals surface area contributed by atoms with Gasteiger partial charge >= 0.3 is 5.97 Å². The zero-order chi connectivity index (χ0) is 13.3. The standard InChI is InChI=1S/C14H14N2O2/c1-8(2)14(17)18-12-7-11(15)9-5-3-4-6-10(9)13(12)16/h3-7H,1,15-16H2,2H3. The van der Waals surface area contributed by atoms with Crippen LogP contribution in [0.4, 0.5) is 11.4 Å². The quantitative estimate of drug-likeness (QED) is 0.367. The van der Waals surface area contributed by atoms with E-state index in [2.05, 4.69) is 6.58 Å². The van der Waals surface area contributed by atoms with E-state index in [1.54, 1.807) is 13.0 Å². The molecule has 0 atom stereocenters. The van der Waals surface area contributed by atoms with Gasteiger partial charge in [0.1, 0.15) is 0 Å². The number of esters is 1. The predicted molar refractivity (Wildman–Crippen MR) is 73.2 cm³/mol. The first kappa shape index (κ1) is 12.0. The molecule has 2 aromatic rings. The first-order valence-corrected chi connectivity index (χ1v) is 5.45. The van der Waals surface area contributed by atoms with Crippen LogP contribution in [0.25, 0.3) is 10.8 Å². The van der Waals surface area contributed by atoms with Crippen LogP contribution in [0.2, 0.25) is 0 Å². The molecule has 0 saturated carbocycles. The second-order valence-electron chi connectivity index (χ2n) is 4.09. The van der Waals surface area contributed by atoms with Crippen LogP contribution in [0.5, 0.6) is 5.75 Å². The summed E-state index contributed by atoms with van der Waals surface area (Å²) in [5, 5.41) is 1.60. The highest BCUT2D eigenvalue weighted by Gasteiger charge is 2.12. The molecule has 4 nitrogen and oxygen atoms in total. The van der Waals surface area contributed by atoms with Crippen molar-refractivity contribution in [2.24, 2.45) is 0 Å². The summed E-state index contributed by atoms with van der Waals surface area (Å²) in [6.45, 7) is 5.09. The highest BCUT2D eigenvalue weighted by atomic mass is 16.5. The normalized spacial score (nSPS) is 10.3. The Morgan fingerprint density at radius 1 is 1.22 bits per heavy atom. The van der Waals surface area contributed by atoms with Crippen molar-refractivity contribution in [1.29, 1.82) is 0 Å². The summed E-state index contributed by atoms with van der Waals surface area (Å²) in [5.74, 6) is -0.254. The molecule has 0 heterocycles. The van der Waals surface area contributed by atoms with Crippen molar-refractivity contribution in [3.05, 3.63) is 42.5 Å². The number of anilines is 2. The molecular weight excluding hydrogens is 228 g/mol. The van der Waals surface area contributed by atoms with Gasteiger partial charge in [0, 0.05) is 28.1 Å². The summed E-state index contributed by atoms with van der Waals surface area (Å²) >= 11 is 0. The number of hydrogen-bond acceptors (Lipinski definition) is 4. The Morgan fingerprint density at radius 2 is 1.83 bits per heavy atom. The number of hydrogen-bond donors (Lipinski definition) is 2. The van der Waals surface area contributed by atoms with Gasteiger partial charge in [-0.15, -0.1) is 0 Å². The number of carbonyl (C=O) groups excluding carboxylic acids is 1. The lowest BCUT2D eigenvalue weighted by molar-refractivity contribution is -0.130. The molecule has 2 rings (SSSR count). The number of nitrogen functional groups attached to an aromatic ring is 2. The smallest absolute Gasteiger partial charge is 0.338 e. The molecule has 0 amide bonds. The Balaban J connectivity index is 2.56. The molecule has 0 saturated heterocycles. The molecule has 0 aromatic heterocycles. The lowest BCUT2D eigenvalue weighted by Crippen LogP contribution is -2.10. The van der Waals surface area contributed by atoms with E-state index in [0.29, 0.717) is 16.9 Å². The third kappa shape index (κ3) is 2.00. The van der Waals surface area contributed by atoms with Gasteiger partial charge in [0.15, 0.2) is 5.75 Å². The Kier molecular flexibility index (Phi) is 2.93. The highest BCUT2D eigenvalue weighted by molar-refractivity contribution is 6.04. The maximum atomic E-state index is 11.5.